The van der Waals surface area contributed by atoms with E-state index in [0.717, 1.165) is 23.1 Å². The van der Waals surface area contributed by atoms with Crippen molar-refractivity contribution in [3.05, 3.63) is 70.8 Å². The van der Waals surface area contributed by atoms with Crippen LogP contribution in [0.4, 0.5) is 4.79 Å². The SMILES string of the molecule is Cc1ccc(C)c(C(C(=O)NC(Cc2ccccc2)C(=O)OC(C)(C)C)N(C(=O)C(C)NC(=O)OC(C)(C)C)C(C)CCC(C)C)c1. The third-order valence-corrected chi connectivity index (χ3v) is 7.54. The lowest BCUT2D eigenvalue weighted by Crippen LogP contribution is -2.56. The molecule has 0 saturated heterocycles. The Morgan fingerprint density at radius 3 is 1.94 bits per heavy atom. The number of carbonyl (C=O) groups excluding carboxylic acids is 4. The number of rotatable bonds is 13. The fourth-order valence-electron chi connectivity index (χ4n) is 5.22. The molecular formula is C38H57N3O6. The summed E-state index contributed by atoms with van der Waals surface area (Å²) in [6.07, 6.45) is 0.911. The number of hydrogen-bond donors (Lipinski definition) is 2. The second-order valence-electron chi connectivity index (χ2n) is 15.0. The predicted octanol–water partition coefficient (Wildman–Crippen LogP) is 6.98. The smallest absolute Gasteiger partial charge is 0.408 e. The van der Waals surface area contributed by atoms with E-state index in [4.69, 9.17) is 9.47 Å². The fourth-order valence-corrected chi connectivity index (χ4v) is 5.22. The maximum Gasteiger partial charge on any atom is 0.408 e. The minimum absolute atomic E-state index is 0.203. The quantitative estimate of drug-likeness (QED) is 0.226. The van der Waals surface area contributed by atoms with Crippen LogP contribution in [0.3, 0.4) is 0 Å². The van der Waals surface area contributed by atoms with Crippen molar-refractivity contribution < 1.29 is 28.7 Å². The van der Waals surface area contributed by atoms with Gasteiger partial charge in [-0.25, -0.2) is 9.59 Å². The summed E-state index contributed by atoms with van der Waals surface area (Å²) in [6, 6.07) is 11.7. The van der Waals surface area contributed by atoms with Gasteiger partial charge in [-0.05, 0) is 105 Å². The fraction of sp³-hybridized carbons (Fsp3) is 0.579. The molecule has 3 amide bonds. The number of alkyl carbamates (subject to hydrolysis) is 1. The summed E-state index contributed by atoms with van der Waals surface area (Å²) in [5, 5.41) is 5.65. The monoisotopic (exact) mass is 651 g/mol. The molecule has 4 atom stereocenters. The van der Waals surface area contributed by atoms with Crippen molar-refractivity contribution in [3.8, 4) is 0 Å². The topological polar surface area (TPSA) is 114 Å². The minimum atomic E-state index is -1.10. The summed E-state index contributed by atoms with van der Waals surface area (Å²) in [6.45, 7) is 22.1. The van der Waals surface area contributed by atoms with E-state index in [1.165, 1.54) is 0 Å². The molecule has 0 spiro atoms. The third kappa shape index (κ3) is 13.0. The van der Waals surface area contributed by atoms with E-state index in [1.807, 2.05) is 69.3 Å². The first-order chi connectivity index (χ1) is 21.7. The molecule has 260 valence electrons. The van der Waals surface area contributed by atoms with Crippen LogP contribution in [-0.4, -0.2) is 58.1 Å². The van der Waals surface area contributed by atoms with Crippen molar-refractivity contribution in [2.24, 2.45) is 5.92 Å². The van der Waals surface area contributed by atoms with Crippen molar-refractivity contribution in [2.75, 3.05) is 0 Å². The highest BCUT2D eigenvalue weighted by Gasteiger charge is 2.40. The van der Waals surface area contributed by atoms with E-state index in [0.29, 0.717) is 17.9 Å². The molecule has 0 heterocycles. The molecule has 0 aromatic heterocycles. The van der Waals surface area contributed by atoms with Gasteiger partial charge in [0.15, 0.2) is 0 Å². The van der Waals surface area contributed by atoms with Crippen molar-refractivity contribution in [2.45, 2.75) is 138 Å². The van der Waals surface area contributed by atoms with Gasteiger partial charge in [-0.2, -0.15) is 0 Å². The second-order valence-corrected chi connectivity index (χ2v) is 15.0. The maximum absolute atomic E-state index is 14.7. The molecular weight excluding hydrogens is 594 g/mol. The van der Waals surface area contributed by atoms with Crippen LogP contribution in [-0.2, 0) is 30.3 Å². The van der Waals surface area contributed by atoms with E-state index < -0.39 is 59.2 Å². The lowest BCUT2D eigenvalue weighted by molar-refractivity contribution is -0.159. The maximum atomic E-state index is 14.7. The summed E-state index contributed by atoms with van der Waals surface area (Å²) in [4.78, 5) is 57.0. The zero-order chi connectivity index (χ0) is 35.7. The van der Waals surface area contributed by atoms with Crippen LogP contribution in [0.2, 0.25) is 0 Å². The Kier molecular flexibility index (Phi) is 14.0. The van der Waals surface area contributed by atoms with Crippen molar-refractivity contribution in [3.63, 3.8) is 0 Å². The zero-order valence-electron chi connectivity index (χ0n) is 30.5. The highest BCUT2D eigenvalue weighted by molar-refractivity contribution is 5.94. The van der Waals surface area contributed by atoms with Gasteiger partial charge in [0.1, 0.15) is 29.3 Å². The molecule has 47 heavy (non-hydrogen) atoms. The van der Waals surface area contributed by atoms with E-state index in [9.17, 15) is 19.2 Å². The van der Waals surface area contributed by atoms with Crippen LogP contribution in [0.15, 0.2) is 48.5 Å². The number of ether oxygens (including phenoxy) is 2. The molecule has 0 fully saturated rings. The second kappa shape index (κ2) is 16.8. The molecule has 0 saturated carbocycles. The van der Waals surface area contributed by atoms with Crippen LogP contribution < -0.4 is 10.6 Å². The first-order valence-corrected chi connectivity index (χ1v) is 16.6. The molecule has 9 nitrogen and oxygen atoms in total. The molecule has 4 unspecified atom stereocenters. The number of carbonyl (C=O) groups is 4. The van der Waals surface area contributed by atoms with Crippen LogP contribution in [0, 0.1) is 19.8 Å². The lowest BCUT2D eigenvalue weighted by atomic mass is 9.93. The molecule has 2 rings (SSSR count). The summed E-state index contributed by atoms with van der Waals surface area (Å²) in [5.41, 5.74) is 1.68. The zero-order valence-corrected chi connectivity index (χ0v) is 30.5. The predicted molar refractivity (Wildman–Crippen MR) is 186 cm³/mol. The van der Waals surface area contributed by atoms with Gasteiger partial charge in [0.25, 0.3) is 0 Å². The van der Waals surface area contributed by atoms with Crippen molar-refractivity contribution >= 4 is 23.9 Å². The summed E-state index contributed by atoms with van der Waals surface area (Å²) >= 11 is 0. The first kappa shape index (κ1) is 39.3. The summed E-state index contributed by atoms with van der Waals surface area (Å²) < 4.78 is 11.2. The molecule has 9 heteroatoms. The Bertz CT molecular complexity index is 1360. The average molecular weight is 652 g/mol. The highest BCUT2D eigenvalue weighted by atomic mass is 16.6. The van der Waals surface area contributed by atoms with Gasteiger partial charge in [0.05, 0.1) is 0 Å². The summed E-state index contributed by atoms with van der Waals surface area (Å²) in [5.74, 6) is -1.16. The molecule has 2 aromatic rings. The molecule has 0 aliphatic rings. The number of aryl methyl sites for hydroxylation is 2. The van der Waals surface area contributed by atoms with Gasteiger partial charge in [-0.1, -0.05) is 67.9 Å². The highest BCUT2D eigenvalue weighted by Crippen LogP contribution is 2.31. The number of amides is 3. The molecule has 0 aliphatic carbocycles. The van der Waals surface area contributed by atoms with Gasteiger partial charge in [-0.15, -0.1) is 0 Å². The Hall–Kier alpha value is -3.88. The average Bonchev–Trinajstić information content (AvgIpc) is 2.93. The molecule has 0 aliphatic heterocycles. The van der Waals surface area contributed by atoms with Crippen LogP contribution in [0.5, 0.6) is 0 Å². The number of esters is 1. The van der Waals surface area contributed by atoms with Crippen LogP contribution in [0.25, 0.3) is 0 Å². The van der Waals surface area contributed by atoms with Gasteiger partial charge in [-0.3, -0.25) is 9.59 Å². The lowest BCUT2D eigenvalue weighted by Gasteiger charge is -2.39. The van der Waals surface area contributed by atoms with E-state index in [-0.39, 0.29) is 6.42 Å². The molecule has 0 radical (unpaired) electrons. The Balaban J connectivity index is 2.67. The third-order valence-electron chi connectivity index (χ3n) is 7.54. The van der Waals surface area contributed by atoms with E-state index >= 15 is 0 Å². The van der Waals surface area contributed by atoms with E-state index in [2.05, 4.69) is 24.5 Å². The number of nitrogens with zero attached hydrogens (tertiary/aromatic N) is 1. The summed E-state index contributed by atoms with van der Waals surface area (Å²) in [7, 11) is 0. The van der Waals surface area contributed by atoms with Crippen molar-refractivity contribution in [1.29, 1.82) is 0 Å². The molecule has 2 N–H and O–H groups in total. The Morgan fingerprint density at radius 1 is 0.787 bits per heavy atom. The Morgan fingerprint density at radius 2 is 1.38 bits per heavy atom. The normalized spacial score (nSPS) is 14.4. The number of nitrogens with one attached hydrogen (secondary N) is 2. The molecule has 0 bridgehead atoms. The standard InChI is InChI=1S/C38H57N3O6/c1-24(2)18-21-27(5)41(34(43)28(6)39-36(45)47-38(10,11)12)32(30-22-25(3)19-20-26(30)4)33(42)40-31(35(44)46-37(7,8)9)23-29-16-14-13-15-17-29/h13-17,19-20,22,24,27-28,31-32H,18,21,23H2,1-12H3,(H,39,45)(H,40,42). The number of hydrogen-bond acceptors (Lipinski definition) is 6. The van der Waals surface area contributed by atoms with Crippen LogP contribution >= 0.6 is 0 Å². The van der Waals surface area contributed by atoms with E-state index in [1.54, 1.807) is 53.4 Å². The minimum Gasteiger partial charge on any atom is -0.458 e. The Labute approximate surface area is 282 Å². The van der Waals surface area contributed by atoms with Gasteiger partial charge in [0, 0.05) is 12.5 Å². The van der Waals surface area contributed by atoms with Gasteiger partial charge in [0.2, 0.25) is 11.8 Å². The molecule has 2 aromatic carbocycles. The van der Waals surface area contributed by atoms with Crippen LogP contribution in [0.1, 0.15) is 110 Å². The van der Waals surface area contributed by atoms with Gasteiger partial charge >= 0.3 is 12.1 Å². The van der Waals surface area contributed by atoms with Crippen molar-refractivity contribution in [1.82, 2.24) is 15.5 Å². The largest absolute Gasteiger partial charge is 0.458 e. The number of benzene rings is 2. The van der Waals surface area contributed by atoms with Gasteiger partial charge < -0.3 is 25.0 Å². The first-order valence-electron chi connectivity index (χ1n) is 16.6.